The first-order chi connectivity index (χ1) is 13.5. The van der Waals surface area contributed by atoms with Gasteiger partial charge in [-0.3, -0.25) is 0 Å². The van der Waals surface area contributed by atoms with Gasteiger partial charge in [-0.05, 0) is 29.7 Å². The summed E-state index contributed by atoms with van der Waals surface area (Å²) in [6.07, 6.45) is 3.09. The number of nitrogens with zero attached hydrogens (tertiary/aromatic N) is 5. The highest BCUT2D eigenvalue weighted by Crippen LogP contribution is 2.70. The van der Waals surface area contributed by atoms with E-state index in [4.69, 9.17) is 4.52 Å². The van der Waals surface area contributed by atoms with Gasteiger partial charge < -0.3 is 10.1 Å². The summed E-state index contributed by atoms with van der Waals surface area (Å²) in [6.45, 7) is 3.27. The molecule has 0 radical (unpaired) electrons. The molecule has 28 heavy (non-hydrogen) atoms. The van der Waals surface area contributed by atoms with Gasteiger partial charge in [0.15, 0.2) is 6.10 Å². The lowest BCUT2D eigenvalue weighted by molar-refractivity contribution is -0.391. The van der Waals surface area contributed by atoms with E-state index in [0.29, 0.717) is 12.2 Å². The number of nitro groups is 1. The quantitative estimate of drug-likeness (QED) is 0.280. The second-order valence-electron chi connectivity index (χ2n) is 7.18. The molecule has 1 aromatic carbocycles. The summed E-state index contributed by atoms with van der Waals surface area (Å²) in [6, 6.07) is 10.2. The topological polar surface area (TPSA) is 96.4 Å². The van der Waals surface area contributed by atoms with E-state index >= 15 is 0 Å². The second-order valence-corrected chi connectivity index (χ2v) is 9.55. The lowest BCUT2D eigenvalue weighted by Gasteiger charge is -2.22. The zero-order chi connectivity index (χ0) is 19.7. The first-order valence-electron chi connectivity index (χ1n) is 9.50. The summed E-state index contributed by atoms with van der Waals surface area (Å²) in [4.78, 5) is 26.3. The molecule has 3 heterocycles. The van der Waals surface area contributed by atoms with Crippen molar-refractivity contribution in [2.75, 3.05) is 26.2 Å². The lowest BCUT2D eigenvalue weighted by Crippen LogP contribution is -2.20. The van der Waals surface area contributed by atoms with Crippen molar-refractivity contribution in [3.63, 3.8) is 0 Å². The van der Waals surface area contributed by atoms with Crippen molar-refractivity contribution < 1.29 is 14.3 Å². The Balaban J connectivity index is 1.53. The van der Waals surface area contributed by atoms with Gasteiger partial charge in [0, 0.05) is 0 Å². The van der Waals surface area contributed by atoms with Gasteiger partial charge in [-0.15, -0.1) is 9.34 Å². The van der Waals surface area contributed by atoms with Crippen LogP contribution in [-0.2, 0) is 18.0 Å². The largest absolute Gasteiger partial charge is 0.434 e. The van der Waals surface area contributed by atoms with E-state index in [1.54, 1.807) is 7.05 Å². The molecule has 9 nitrogen and oxygen atoms in total. The minimum Gasteiger partial charge on any atom is -0.358 e. The zero-order valence-corrected chi connectivity index (χ0v) is 16.7. The predicted molar refractivity (Wildman–Crippen MR) is 105 cm³/mol. The van der Waals surface area contributed by atoms with Crippen LogP contribution in [0.1, 0.15) is 30.3 Å². The average Bonchev–Trinajstić information content (AvgIpc) is 3.58. The first kappa shape index (κ1) is 19.4. The third kappa shape index (κ3) is 4.09. The number of benzene rings is 1. The van der Waals surface area contributed by atoms with Crippen molar-refractivity contribution >= 4 is 13.8 Å². The first-order valence-corrected chi connectivity index (χ1v) is 11.1. The molecular weight excluding hydrogens is 381 g/mol. The molecule has 0 bridgehead atoms. The summed E-state index contributed by atoms with van der Waals surface area (Å²) < 4.78 is 11.7. The summed E-state index contributed by atoms with van der Waals surface area (Å²) >= 11 is 0. The predicted octanol–water partition coefficient (Wildman–Crippen LogP) is 2.71. The Morgan fingerprint density at radius 1 is 1.25 bits per heavy atom. The van der Waals surface area contributed by atoms with Crippen LogP contribution in [0.3, 0.4) is 0 Å². The van der Waals surface area contributed by atoms with Crippen LogP contribution >= 0.6 is 8.02 Å². The van der Waals surface area contributed by atoms with Crippen molar-refractivity contribution in [1.29, 1.82) is 0 Å². The lowest BCUT2D eigenvalue weighted by atomic mass is 10.1. The fraction of sp³-hybridized carbons (Fsp3) is 0.500. The molecule has 2 aliphatic rings. The van der Waals surface area contributed by atoms with Crippen molar-refractivity contribution in [3.8, 4) is 0 Å². The van der Waals surface area contributed by atoms with E-state index in [2.05, 4.69) is 17.1 Å². The molecule has 0 aliphatic carbocycles. The van der Waals surface area contributed by atoms with Crippen LogP contribution in [0.4, 0.5) is 5.82 Å². The SMILES string of the molecule is Cn1c([N+](=O)[O-])cnc1C(CCCc1ccccc1)O[P+](O)(N1CC1)N1CC1. The van der Waals surface area contributed by atoms with Gasteiger partial charge in [-0.25, -0.2) is 9.55 Å². The second kappa shape index (κ2) is 7.85. The molecule has 4 rings (SSSR count). The molecule has 1 unspecified atom stereocenters. The number of rotatable bonds is 10. The van der Waals surface area contributed by atoms with E-state index in [1.807, 2.05) is 27.5 Å². The molecule has 0 amide bonds. The summed E-state index contributed by atoms with van der Waals surface area (Å²) in [5, 5.41) is 11.2. The van der Waals surface area contributed by atoms with Crippen molar-refractivity contribution in [2.45, 2.75) is 25.4 Å². The third-order valence-corrected chi connectivity index (χ3v) is 7.91. The minimum atomic E-state index is -2.82. The standard InChI is InChI=1S/C18H25N5O4P/c1-20-17(23(24)25)14-19-18(20)16(9-5-8-15-6-3-2-4-7-15)27-28(26,21-10-11-21)22-12-13-22/h2-4,6-7,14,16,26H,5,8-13H2,1H3/q+1. The smallest absolute Gasteiger partial charge is 0.358 e. The van der Waals surface area contributed by atoms with E-state index in [0.717, 1.165) is 39.0 Å². The fourth-order valence-electron chi connectivity index (χ4n) is 3.34. The molecule has 1 aromatic heterocycles. The van der Waals surface area contributed by atoms with Gasteiger partial charge in [0.2, 0.25) is 5.82 Å². The Bertz CT molecular complexity index is 826. The minimum absolute atomic E-state index is 0.0769. The maximum absolute atomic E-state index is 11.2. The van der Waals surface area contributed by atoms with E-state index in [1.165, 1.54) is 16.3 Å². The van der Waals surface area contributed by atoms with Gasteiger partial charge in [0.1, 0.15) is 6.20 Å². The van der Waals surface area contributed by atoms with Crippen LogP contribution in [0, 0.1) is 10.1 Å². The summed E-state index contributed by atoms with van der Waals surface area (Å²) in [7, 11) is -1.19. The number of imidazole rings is 1. The van der Waals surface area contributed by atoms with Gasteiger partial charge in [-0.1, -0.05) is 30.3 Å². The molecule has 1 N–H and O–H groups in total. The van der Waals surface area contributed by atoms with Crippen LogP contribution in [0.5, 0.6) is 0 Å². The summed E-state index contributed by atoms with van der Waals surface area (Å²) in [5.41, 5.74) is 1.23. The number of hydrogen-bond donors (Lipinski definition) is 1. The third-order valence-electron chi connectivity index (χ3n) is 5.10. The molecule has 2 aromatic rings. The maximum atomic E-state index is 11.2. The molecule has 2 fully saturated rings. The Labute approximate surface area is 164 Å². The molecular formula is C18H25N5O4P+. The average molecular weight is 406 g/mol. The van der Waals surface area contributed by atoms with Crippen LogP contribution < -0.4 is 0 Å². The number of aryl methyl sites for hydroxylation is 1. The molecule has 150 valence electrons. The fourth-order valence-corrected chi connectivity index (χ4v) is 5.73. The number of aromatic nitrogens is 2. The molecule has 0 spiro atoms. The van der Waals surface area contributed by atoms with Crippen LogP contribution in [0.25, 0.3) is 0 Å². The van der Waals surface area contributed by atoms with Crippen LogP contribution in [0.15, 0.2) is 36.5 Å². The maximum Gasteiger partial charge on any atom is 0.434 e. The van der Waals surface area contributed by atoms with Crippen molar-refractivity contribution in [2.24, 2.45) is 7.05 Å². The normalized spacial score (nSPS) is 18.2. The van der Waals surface area contributed by atoms with E-state index in [-0.39, 0.29) is 5.82 Å². The highest BCUT2D eigenvalue weighted by molar-refractivity contribution is 7.61. The Morgan fingerprint density at radius 2 is 1.89 bits per heavy atom. The van der Waals surface area contributed by atoms with Crippen molar-refractivity contribution in [3.05, 3.63) is 58.0 Å². The van der Waals surface area contributed by atoms with Gasteiger partial charge >= 0.3 is 13.8 Å². The Morgan fingerprint density at radius 3 is 2.43 bits per heavy atom. The molecule has 2 aliphatic heterocycles. The molecule has 10 heteroatoms. The highest BCUT2D eigenvalue weighted by Gasteiger charge is 2.64. The molecule has 0 saturated carbocycles. The van der Waals surface area contributed by atoms with Crippen LogP contribution in [-0.4, -0.2) is 54.9 Å². The van der Waals surface area contributed by atoms with Gasteiger partial charge in [-0.2, -0.15) is 9.42 Å². The Kier molecular flexibility index (Phi) is 5.44. The van der Waals surface area contributed by atoms with E-state index in [9.17, 15) is 15.0 Å². The Hall–Kier alpha value is -1.90. The van der Waals surface area contributed by atoms with Crippen molar-refractivity contribution in [1.82, 2.24) is 18.9 Å². The van der Waals surface area contributed by atoms with Gasteiger partial charge in [0.05, 0.1) is 33.2 Å². The number of hydrogen-bond acceptors (Lipinski definition) is 7. The van der Waals surface area contributed by atoms with Crippen LogP contribution in [0.2, 0.25) is 0 Å². The highest BCUT2D eigenvalue weighted by atomic mass is 31.2. The van der Waals surface area contributed by atoms with E-state index < -0.39 is 19.0 Å². The molecule has 2 saturated heterocycles. The van der Waals surface area contributed by atoms with Gasteiger partial charge in [0.25, 0.3) is 0 Å². The molecule has 1 atom stereocenters. The zero-order valence-electron chi connectivity index (χ0n) is 15.8. The monoisotopic (exact) mass is 406 g/mol. The summed E-state index contributed by atoms with van der Waals surface area (Å²) in [5.74, 6) is 0.411.